The topological polar surface area (TPSA) is 97.2 Å². The van der Waals surface area contributed by atoms with E-state index < -0.39 is 0 Å². The molecule has 0 aromatic heterocycles. The van der Waals surface area contributed by atoms with Gasteiger partial charge >= 0.3 is 0 Å². The van der Waals surface area contributed by atoms with Crippen molar-refractivity contribution in [1.82, 2.24) is 0 Å². The number of carbonyl (C=O) groups excluding carboxylic acids is 1. The van der Waals surface area contributed by atoms with Crippen LogP contribution in [0.15, 0.2) is 72.8 Å². The van der Waals surface area contributed by atoms with Crippen LogP contribution < -0.4 is 14.8 Å². The van der Waals surface area contributed by atoms with Gasteiger partial charge in [-0.3, -0.25) is 4.79 Å². The fourth-order valence-corrected chi connectivity index (χ4v) is 8.18. The van der Waals surface area contributed by atoms with Crippen LogP contribution in [0.4, 0.5) is 5.69 Å². The summed E-state index contributed by atoms with van der Waals surface area (Å²) in [5.41, 5.74) is 5.31. The molecule has 0 spiro atoms. The molecule has 2 aliphatic heterocycles. The maximum absolute atomic E-state index is 13.6. The fraction of sp³-hybridized carbons (Fsp3) is 0.457. The van der Waals surface area contributed by atoms with Crippen molar-refractivity contribution in [1.29, 1.82) is 0 Å². The molecule has 6 bridgehead atoms. The smallest absolute Gasteiger partial charge is 0.161 e. The van der Waals surface area contributed by atoms with E-state index in [0.717, 1.165) is 84.5 Å². The van der Waals surface area contributed by atoms with Crippen molar-refractivity contribution in [2.75, 3.05) is 19.0 Å². The third kappa shape index (κ3) is 10.7. The highest BCUT2D eigenvalue weighted by atomic mass is 16.5. The molecule has 53 heavy (non-hydrogen) atoms. The zero-order valence-electron chi connectivity index (χ0n) is 31.4. The quantitative estimate of drug-likeness (QED) is 0.0993. The monoisotopic (exact) mass is 717 g/mol. The molecule has 0 amide bonds. The molecule has 7 nitrogen and oxygen atoms in total. The minimum Gasteiger partial charge on any atom is -0.508 e. The molecule has 2 atom stereocenters. The van der Waals surface area contributed by atoms with Gasteiger partial charge in [-0.2, -0.15) is 0 Å². The van der Waals surface area contributed by atoms with E-state index in [1.165, 1.54) is 18.4 Å². The Balaban J connectivity index is 1.15. The number of fused-ring (bicyclic) bond motifs is 9. The van der Waals surface area contributed by atoms with Gasteiger partial charge in [0.2, 0.25) is 0 Å². The van der Waals surface area contributed by atoms with Crippen LogP contribution in [0.5, 0.6) is 17.2 Å². The number of hydrogen-bond acceptors (Lipinski definition) is 7. The number of carbonyl (C=O) groups is 1. The van der Waals surface area contributed by atoms with E-state index in [4.69, 9.17) is 14.2 Å². The second-order valence-corrected chi connectivity index (χ2v) is 15.2. The number of anilines is 1. The molecule has 2 heterocycles. The van der Waals surface area contributed by atoms with Crippen molar-refractivity contribution in [2.45, 2.75) is 116 Å². The lowest BCUT2D eigenvalue weighted by Gasteiger charge is -2.32. The van der Waals surface area contributed by atoms with Gasteiger partial charge in [0.1, 0.15) is 30.4 Å². The summed E-state index contributed by atoms with van der Waals surface area (Å²) in [6.07, 6.45) is 15.2. The zero-order valence-corrected chi connectivity index (χ0v) is 31.4. The van der Waals surface area contributed by atoms with Crippen LogP contribution in [-0.2, 0) is 35.4 Å². The number of hydrogen-bond donors (Lipinski definition) is 3. The average Bonchev–Trinajstić information content (AvgIpc) is 3.62. The van der Waals surface area contributed by atoms with E-state index >= 15 is 0 Å². The highest BCUT2D eigenvalue weighted by molar-refractivity contribution is 5.88. The van der Waals surface area contributed by atoms with Crippen molar-refractivity contribution in [3.05, 3.63) is 95.1 Å². The molecule has 7 heteroatoms. The third-order valence-electron chi connectivity index (χ3n) is 11.0. The number of methoxy groups -OCH3 is 1. The van der Waals surface area contributed by atoms with Crippen LogP contribution in [0.3, 0.4) is 0 Å². The zero-order chi connectivity index (χ0) is 37.0. The SMILES string of the molecule is COc1ccc2cc1OCc1ccc3c(c(O)ccc3c1)CC#CO[C@@H](CC1(CCCCCc3cccc(NC[C@H](C)O)c3)CCCC1)CC(=O)CC2. The number of nitrogens with one attached hydrogen (secondary N) is 1. The van der Waals surface area contributed by atoms with Crippen LogP contribution in [-0.4, -0.2) is 41.9 Å². The lowest BCUT2D eigenvalue weighted by atomic mass is 9.75. The highest BCUT2D eigenvalue weighted by Gasteiger charge is 2.36. The van der Waals surface area contributed by atoms with E-state index in [2.05, 4.69) is 47.7 Å². The van der Waals surface area contributed by atoms with Gasteiger partial charge in [-0.05, 0) is 121 Å². The first-order chi connectivity index (χ1) is 25.8. The van der Waals surface area contributed by atoms with Crippen molar-refractivity contribution in [3.8, 4) is 29.3 Å². The minimum atomic E-state index is -0.382. The first kappa shape index (κ1) is 38.1. The molecule has 7 rings (SSSR count). The summed E-state index contributed by atoms with van der Waals surface area (Å²) < 4.78 is 18.2. The Labute approximate surface area is 315 Å². The standard InChI is InChI=1S/C46H55NO6/c1-33(48)31-47-38-12-8-11-34(27-38)10-4-3-5-22-46(23-6-7-24-46)30-40-29-39(49)18-14-35-16-21-44(51-2)45(28-35)53-32-36-15-19-41-37(26-36)17-20-43(50)42(41)13-9-25-52-40/h8,11-12,15-17,19-21,26-28,33,40,47-48,50H,3-7,10,13-14,18,22-24,29-32H2,1-2H3/t33-,40+/m0/s1. The molecule has 0 saturated heterocycles. The number of unbranched alkanes of at least 4 members (excludes halogenated alkanes) is 2. The molecular formula is C46H55NO6. The number of phenolic OH excluding ortho intramolecular Hbond substituents is 1. The maximum atomic E-state index is 13.6. The largest absolute Gasteiger partial charge is 0.508 e. The molecule has 1 aliphatic carbocycles. The second kappa shape index (κ2) is 18.4. The Kier molecular flexibility index (Phi) is 13.2. The Morgan fingerprint density at radius 2 is 1.83 bits per heavy atom. The van der Waals surface area contributed by atoms with Crippen LogP contribution in [0.2, 0.25) is 0 Å². The van der Waals surface area contributed by atoms with Crippen LogP contribution in [0.25, 0.3) is 10.8 Å². The van der Waals surface area contributed by atoms with E-state index in [9.17, 15) is 15.0 Å². The molecule has 4 aromatic rings. The van der Waals surface area contributed by atoms with Crippen LogP contribution >= 0.6 is 0 Å². The number of aliphatic hydroxyl groups excluding tert-OH is 1. The first-order valence-corrected chi connectivity index (χ1v) is 19.5. The molecule has 0 unspecified atom stereocenters. The predicted molar refractivity (Wildman–Crippen MR) is 212 cm³/mol. The third-order valence-corrected chi connectivity index (χ3v) is 11.0. The molecule has 3 aliphatic rings. The van der Waals surface area contributed by atoms with Gasteiger partial charge in [0.15, 0.2) is 11.5 Å². The molecule has 1 saturated carbocycles. The predicted octanol–water partition coefficient (Wildman–Crippen LogP) is 9.47. The van der Waals surface area contributed by atoms with Crippen molar-refractivity contribution < 1.29 is 29.2 Å². The lowest BCUT2D eigenvalue weighted by molar-refractivity contribution is -0.121. The molecular weight excluding hydrogens is 663 g/mol. The van der Waals surface area contributed by atoms with Crippen LogP contribution in [0.1, 0.15) is 99.8 Å². The van der Waals surface area contributed by atoms with Gasteiger partial charge in [0.05, 0.1) is 13.2 Å². The molecule has 280 valence electrons. The minimum absolute atomic E-state index is 0.153. The number of rotatable bonds is 12. The number of aryl methyl sites for hydroxylation is 2. The number of ether oxygens (including phenoxy) is 3. The summed E-state index contributed by atoms with van der Waals surface area (Å²) >= 11 is 0. The van der Waals surface area contributed by atoms with Crippen LogP contribution in [0, 0.1) is 17.4 Å². The Morgan fingerprint density at radius 1 is 0.981 bits per heavy atom. The molecule has 3 N–H and O–H groups in total. The maximum Gasteiger partial charge on any atom is 0.161 e. The number of aromatic hydroxyl groups is 1. The Bertz CT molecular complexity index is 1900. The van der Waals surface area contributed by atoms with Gasteiger partial charge in [0.25, 0.3) is 0 Å². The summed E-state index contributed by atoms with van der Waals surface area (Å²) in [6, 6.07) is 24.2. The van der Waals surface area contributed by atoms with E-state index in [-0.39, 0.29) is 29.2 Å². The summed E-state index contributed by atoms with van der Waals surface area (Å²) in [6.45, 7) is 2.69. The summed E-state index contributed by atoms with van der Waals surface area (Å²) in [5.74, 6) is 4.87. The lowest BCUT2D eigenvalue weighted by Crippen LogP contribution is -2.27. The van der Waals surface area contributed by atoms with Crippen molar-refractivity contribution >= 4 is 22.2 Å². The Hall–Kier alpha value is -4.67. The summed E-state index contributed by atoms with van der Waals surface area (Å²) in [5, 5.41) is 25.7. The van der Waals surface area contributed by atoms with Gasteiger partial charge in [-0.1, -0.05) is 68.0 Å². The molecule has 1 fully saturated rings. The van der Waals surface area contributed by atoms with Gasteiger partial charge in [-0.15, -0.1) is 0 Å². The molecule has 4 aromatic carbocycles. The van der Waals surface area contributed by atoms with Gasteiger partial charge < -0.3 is 29.7 Å². The fourth-order valence-electron chi connectivity index (χ4n) is 8.18. The van der Waals surface area contributed by atoms with Crippen molar-refractivity contribution in [3.63, 3.8) is 0 Å². The number of aliphatic hydroxyl groups is 1. The number of phenols is 1. The van der Waals surface area contributed by atoms with Gasteiger partial charge in [-0.25, -0.2) is 0 Å². The highest BCUT2D eigenvalue weighted by Crippen LogP contribution is 2.47. The normalized spacial score (nSPS) is 17.9. The first-order valence-electron chi connectivity index (χ1n) is 19.5. The van der Waals surface area contributed by atoms with Gasteiger partial charge in [0, 0.05) is 37.1 Å². The Morgan fingerprint density at radius 3 is 2.66 bits per heavy atom. The summed E-state index contributed by atoms with van der Waals surface area (Å²) in [7, 11) is 1.64. The van der Waals surface area contributed by atoms with E-state index in [1.807, 2.05) is 36.4 Å². The summed E-state index contributed by atoms with van der Waals surface area (Å²) in [4.78, 5) is 13.6. The second-order valence-electron chi connectivity index (χ2n) is 15.2. The number of Topliss-reactive ketones (excluding diaryl/α,β-unsaturated/α-hetero) is 1. The number of benzene rings is 4. The average molecular weight is 718 g/mol. The molecule has 0 radical (unpaired) electrons. The van der Waals surface area contributed by atoms with E-state index in [1.54, 1.807) is 20.1 Å². The number of ketones is 1. The van der Waals surface area contributed by atoms with E-state index in [0.29, 0.717) is 50.3 Å². The van der Waals surface area contributed by atoms with Crippen molar-refractivity contribution in [2.24, 2.45) is 5.41 Å².